The van der Waals surface area contributed by atoms with Gasteiger partial charge in [-0.25, -0.2) is 0 Å². The maximum atomic E-state index is 4.14. The van der Waals surface area contributed by atoms with Gasteiger partial charge in [-0.05, 0) is 12.5 Å². The minimum absolute atomic E-state index is 0.591. The fourth-order valence-electron chi connectivity index (χ4n) is 1.72. The standard InChI is InChI=1S/C11H22N2/c1-5-12-6-8-13(9-7-12)11(4)10(2)3/h10H,4-9H2,1-3H3. The van der Waals surface area contributed by atoms with Crippen LogP contribution in [0.3, 0.4) is 0 Å². The Kier molecular flexibility index (Phi) is 3.79. The molecule has 0 atom stereocenters. The van der Waals surface area contributed by atoms with E-state index < -0.39 is 0 Å². The van der Waals surface area contributed by atoms with E-state index in [1.54, 1.807) is 0 Å². The lowest BCUT2D eigenvalue weighted by molar-refractivity contribution is 0.157. The zero-order chi connectivity index (χ0) is 9.84. The van der Waals surface area contributed by atoms with Crippen molar-refractivity contribution in [2.75, 3.05) is 32.7 Å². The summed E-state index contributed by atoms with van der Waals surface area (Å²) in [5, 5.41) is 0. The van der Waals surface area contributed by atoms with E-state index in [1.807, 2.05) is 0 Å². The van der Waals surface area contributed by atoms with E-state index >= 15 is 0 Å². The molecule has 0 spiro atoms. The van der Waals surface area contributed by atoms with Crippen LogP contribution in [0.25, 0.3) is 0 Å². The van der Waals surface area contributed by atoms with Gasteiger partial charge in [0.15, 0.2) is 0 Å². The Morgan fingerprint density at radius 3 is 2.15 bits per heavy atom. The highest BCUT2D eigenvalue weighted by Gasteiger charge is 2.17. The number of hydrogen-bond acceptors (Lipinski definition) is 2. The molecule has 76 valence electrons. The fraction of sp³-hybridized carbons (Fsp3) is 0.818. The van der Waals surface area contributed by atoms with Gasteiger partial charge in [0.2, 0.25) is 0 Å². The van der Waals surface area contributed by atoms with Gasteiger partial charge in [0, 0.05) is 31.9 Å². The molecule has 0 unspecified atom stereocenters. The van der Waals surface area contributed by atoms with Crippen molar-refractivity contribution in [3.05, 3.63) is 12.3 Å². The first kappa shape index (κ1) is 10.6. The molecule has 1 rings (SSSR count). The summed E-state index contributed by atoms with van der Waals surface area (Å²) in [6, 6.07) is 0. The Hall–Kier alpha value is -0.500. The molecular weight excluding hydrogens is 160 g/mol. The summed E-state index contributed by atoms with van der Waals surface area (Å²) < 4.78 is 0. The normalized spacial score (nSPS) is 19.5. The average molecular weight is 182 g/mol. The van der Waals surface area contributed by atoms with E-state index in [-0.39, 0.29) is 0 Å². The van der Waals surface area contributed by atoms with Crippen molar-refractivity contribution >= 4 is 0 Å². The molecule has 0 aromatic rings. The molecule has 0 aliphatic carbocycles. The lowest BCUT2D eigenvalue weighted by Gasteiger charge is -2.37. The average Bonchev–Trinajstić information content (AvgIpc) is 2.17. The molecule has 0 aromatic heterocycles. The van der Waals surface area contributed by atoms with Crippen LogP contribution in [0.4, 0.5) is 0 Å². The second kappa shape index (κ2) is 4.66. The molecule has 0 bridgehead atoms. The Labute approximate surface area is 82.2 Å². The highest BCUT2D eigenvalue weighted by Crippen LogP contribution is 2.14. The first-order valence-corrected chi connectivity index (χ1v) is 5.31. The van der Waals surface area contributed by atoms with E-state index in [0.717, 1.165) is 13.1 Å². The topological polar surface area (TPSA) is 6.48 Å². The molecule has 0 aromatic carbocycles. The van der Waals surface area contributed by atoms with Gasteiger partial charge in [0.1, 0.15) is 0 Å². The molecule has 0 saturated carbocycles. The van der Waals surface area contributed by atoms with Crippen LogP contribution in [0, 0.1) is 5.92 Å². The van der Waals surface area contributed by atoms with Crippen LogP contribution in [-0.2, 0) is 0 Å². The first-order valence-electron chi connectivity index (χ1n) is 5.31. The van der Waals surface area contributed by atoms with Gasteiger partial charge in [-0.1, -0.05) is 27.4 Å². The molecule has 0 radical (unpaired) electrons. The van der Waals surface area contributed by atoms with Crippen LogP contribution in [0.5, 0.6) is 0 Å². The van der Waals surface area contributed by atoms with E-state index in [4.69, 9.17) is 0 Å². The maximum Gasteiger partial charge on any atom is 0.0303 e. The summed E-state index contributed by atoms with van der Waals surface area (Å²) in [5.41, 5.74) is 1.30. The van der Waals surface area contributed by atoms with Crippen molar-refractivity contribution in [2.24, 2.45) is 5.92 Å². The summed E-state index contributed by atoms with van der Waals surface area (Å²) in [5.74, 6) is 0.591. The van der Waals surface area contributed by atoms with Gasteiger partial charge in [-0.15, -0.1) is 0 Å². The zero-order valence-corrected chi connectivity index (χ0v) is 9.21. The van der Waals surface area contributed by atoms with Gasteiger partial charge in [-0.3, -0.25) is 0 Å². The van der Waals surface area contributed by atoms with Gasteiger partial charge in [0.05, 0.1) is 0 Å². The van der Waals surface area contributed by atoms with Crippen molar-refractivity contribution in [1.82, 2.24) is 9.80 Å². The van der Waals surface area contributed by atoms with E-state index in [0.29, 0.717) is 5.92 Å². The van der Waals surface area contributed by atoms with Crippen molar-refractivity contribution in [3.8, 4) is 0 Å². The Morgan fingerprint density at radius 1 is 1.23 bits per heavy atom. The summed E-state index contributed by atoms with van der Waals surface area (Å²) in [6.07, 6.45) is 0. The summed E-state index contributed by atoms with van der Waals surface area (Å²) >= 11 is 0. The van der Waals surface area contributed by atoms with E-state index in [2.05, 4.69) is 37.1 Å². The van der Waals surface area contributed by atoms with Crippen LogP contribution in [0.1, 0.15) is 20.8 Å². The molecule has 0 N–H and O–H groups in total. The van der Waals surface area contributed by atoms with E-state index in [9.17, 15) is 0 Å². The highest BCUT2D eigenvalue weighted by atomic mass is 15.3. The monoisotopic (exact) mass is 182 g/mol. The molecule has 2 heteroatoms. The predicted molar refractivity (Wildman–Crippen MR) is 57.7 cm³/mol. The van der Waals surface area contributed by atoms with E-state index in [1.165, 1.54) is 25.3 Å². The van der Waals surface area contributed by atoms with Crippen LogP contribution in [0.2, 0.25) is 0 Å². The lowest BCUT2D eigenvalue weighted by Crippen LogP contribution is -2.46. The van der Waals surface area contributed by atoms with Crippen molar-refractivity contribution in [3.63, 3.8) is 0 Å². The third kappa shape index (κ3) is 2.73. The molecular formula is C11H22N2. The molecule has 1 aliphatic rings. The summed E-state index contributed by atoms with van der Waals surface area (Å²) in [4.78, 5) is 4.92. The first-order chi connectivity index (χ1) is 6.15. The largest absolute Gasteiger partial charge is 0.373 e. The zero-order valence-electron chi connectivity index (χ0n) is 9.21. The Bertz CT molecular complexity index is 167. The number of nitrogens with zero attached hydrogens (tertiary/aromatic N) is 2. The fourth-order valence-corrected chi connectivity index (χ4v) is 1.72. The van der Waals surface area contributed by atoms with Gasteiger partial charge in [0.25, 0.3) is 0 Å². The second-order valence-corrected chi connectivity index (χ2v) is 4.07. The molecule has 2 nitrogen and oxygen atoms in total. The maximum absolute atomic E-state index is 4.14. The van der Waals surface area contributed by atoms with Crippen LogP contribution < -0.4 is 0 Å². The van der Waals surface area contributed by atoms with Gasteiger partial charge < -0.3 is 9.80 Å². The molecule has 1 fully saturated rings. The van der Waals surface area contributed by atoms with Gasteiger partial charge >= 0.3 is 0 Å². The van der Waals surface area contributed by atoms with Crippen molar-refractivity contribution in [2.45, 2.75) is 20.8 Å². The van der Waals surface area contributed by atoms with Crippen molar-refractivity contribution < 1.29 is 0 Å². The van der Waals surface area contributed by atoms with Crippen molar-refractivity contribution in [1.29, 1.82) is 0 Å². The Balaban J connectivity index is 2.36. The summed E-state index contributed by atoms with van der Waals surface area (Å²) in [6.45, 7) is 16.7. The smallest absolute Gasteiger partial charge is 0.0303 e. The van der Waals surface area contributed by atoms with Crippen LogP contribution in [-0.4, -0.2) is 42.5 Å². The summed E-state index contributed by atoms with van der Waals surface area (Å²) in [7, 11) is 0. The lowest BCUT2D eigenvalue weighted by atomic mass is 10.1. The molecule has 1 aliphatic heterocycles. The number of piperazine rings is 1. The molecule has 0 amide bonds. The van der Waals surface area contributed by atoms with Gasteiger partial charge in [-0.2, -0.15) is 0 Å². The molecule has 1 saturated heterocycles. The third-order valence-electron chi connectivity index (χ3n) is 2.89. The number of likely N-dealkylation sites (N-methyl/N-ethyl adjacent to an activating group) is 1. The van der Waals surface area contributed by atoms with Crippen LogP contribution >= 0.6 is 0 Å². The van der Waals surface area contributed by atoms with Crippen LogP contribution in [0.15, 0.2) is 12.3 Å². The quantitative estimate of drug-likeness (QED) is 0.656. The predicted octanol–water partition coefficient (Wildman–Crippen LogP) is 1.79. The minimum atomic E-state index is 0.591. The SMILES string of the molecule is C=C(C(C)C)N1CCN(CC)CC1. The Morgan fingerprint density at radius 2 is 1.77 bits per heavy atom. The number of hydrogen-bond donors (Lipinski definition) is 0. The highest BCUT2D eigenvalue weighted by molar-refractivity contribution is 4.98. The minimum Gasteiger partial charge on any atom is -0.373 e. The second-order valence-electron chi connectivity index (χ2n) is 4.07. The number of allylic oxidation sites excluding steroid dienone is 1. The third-order valence-corrected chi connectivity index (χ3v) is 2.89. The molecule has 13 heavy (non-hydrogen) atoms. The number of rotatable bonds is 3. The molecule has 1 heterocycles.